The van der Waals surface area contributed by atoms with E-state index in [0.29, 0.717) is 0 Å². The maximum atomic E-state index is 10.6. The molecule has 0 radical (unpaired) electrons. The third-order valence-electron chi connectivity index (χ3n) is 2.83. The van der Waals surface area contributed by atoms with E-state index in [1.807, 2.05) is 13.8 Å². The van der Waals surface area contributed by atoms with Crippen molar-refractivity contribution in [2.45, 2.75) is 58.2 Å². The lowest BCUT2D eigenvalue weighted by atomic mass is 10.3. The van der Waals surface area contributed by atoms with Crippen LogP contribution in [0.3, 0.4) is 0 Å². The van der Waals surface area contributed by atoms with Gasteiger partial charge in [-0.2, -0.15) is 0 Å². The van der Waals surface area contributed by atoms with Gasteiger partial charge >= 0.3 is 6.16 Å². The van der Waals surface area contributed by atoms with Crippen LogP contribution in [0.15, 0.2) is 0 Å². The standard InChI is InChI=1S/C10H22O3Si/c1-4-7-8-9-14(5-2,6-3)13-10(11)12/h4-9H2,1-3H3,(H,11,12). The number of rotatable bonds is 7. The van der Waals surface area contributed by atoms with Gasteiger partial charge in [0, 0.05) is 0 Å². The van der Waals surface area contributed by atoms with E-state index in [1.165, 1.54) is 12.8 Å². The smallest absolute Gasteiger partial charge is 0.489 e. The molecule has 1 N–H and O–H groups in total. The van der Waals surface area contributed by atoms with Crippen molar-refractivity contribution in [3.8, 4) is 0 Å². The number of hydrogen-bond acceptors (Lipinski definition) is 2. The average Bonchev–Trinajstić information content (AvgIpc) is 2.16. The Labute approximate surface area is 87.6 Å². The Kier molecular flexibility index (Phi) is 6.62. The van der Waals surface area contributed by atoms with Crippen LogP contribution in [0.4, 0.5) is 4.79 Å². The molecule has 84 valence electrons. The van der Waals surface area contributed by atoms with Gasteiger partial charge in [-0.1, -0.05) is 40.0 Å². The van der Waals surface area contributed by atoms with Crippen molar-refractivity contribution in [2.24, 2.45) is 0 Å². The lowest BCUT2D eigenvalue weighted by molar-refractivity contribution is 0.140. The topological polar surface area (TPSA) is 46.5 Å². The summed E-state index contributed by atoms with van der Waals surface area (Å²) in [4.78, 5) is 10.6. The number of carboxylic acid groups (broad SMARTS) is 1. The molecule has 0 heterocycles. The molecule has 0 atom stereocenters. The summed E-state index contributed by atoms with van der Waals surface area (Å²) in [6, 6.07) is 2.79. The molecule has 0 saturated carbocycles. The summed E-state index contributed by atoms with van der Waals surface area (Å²) in [6.45, 7) is 6.24. The highest BCUT2D eigenvalue weighted by Gasteiger charge is 2.34. The van der Waals surface area contributed by atoms with Gasteiger partial charge in [0.2, 0.25) is 0 Å². The minimum absolute atomic E-state index is 0.902. The first-order valence-electron chi connectivity index (χ1n) is 5.52. The van der Waals surface area contributed by atoms with Gasteiger partial charge in [-0.05, 0) is 18.1 Å². The zero-order valence-corrected chi connectivity index (χ0v) is 10.5. The highest BCUT2D eigenvalue weighted by Crippen LogP contribution is 2.25. The number of hydrogen-bond donors (Lipinski definition) is 1. The molecule has 14 heavy (non-hydrogen) atoms. The fourth-order valence-corrected chi connectivity index (χ4v) is 4.54. The monoisotopic (exact) mass is 218 g/mol. The van der Waals surface area contributed by atoms with Crippen LogP contribution >= 0.6 is 0 Å². The van der Waals surface area contributed by atoms with Crippen LogP contribution in [0, 0.1) is 0 Å². The van der Waals surface area contributed by atoms with Gasteiger partial charge in [-0.3, -0.25) is 0 Å². The summed E-state index contributed by atoms with van der Waals surface area (Å²) in [5, 5.41) is 8.68. The Bertz CT molecular complexity index is 167. The maximum absolute atomic E-state index is 10.6. The zero-order chi connectivity index (χ0) is 11.0. The molecule has 0 aromatic carbocycles. The Morgan fingerprint density at radius 2 is 1.79 bits per heavy atom. The maximum Gasteiger partial charge on any atom is 0.491 e. The normalized spacial score (nSPS) is 11.4. The zero-order valence-electron chi connectivity index (χ0n) is 9.51. The molecule has 0 aromatic heterocycles. The summed E-state index contributed by atoms with van der Waals surface area (Å²) in [5.74, 6) is 0. The van der Waals surface area contributed by atoms with Gasteiger partial charge in [0.25, 0.3) is 8.32 Å². The Morgan fingerprint density at radius 3 is 2.14 bits per heavy atom. The quantitative estimate of drug-likeness (QED) is 0.521. The first kappa shape index (κ1) is 13.5. The Hall–Kier alpha value is -0.513. The fourth-order valence-electron chi connectivity index (χ4n) is 1.68. The van der Waals surface area contributed by atoms with Crippen LogP contribution in [0.25, 0.3) is 0 Å². The second-order valence-corrected chi connectivity index (χ2v) is 8.20. The molecule has 0 spiro atoms. The third kappa shape index (κ3) is 4.65. The molecule has 0 aliphatic carbocycles. The molecule has 0 aliphatic rings. The van der Waals surface area contributed by atoms with E-state index < -0.39 is 14.5 Å². The van der Waals surface area contributed by atoms with Gasteiger partial charge in [-0.15, -0.1) is 0 Å². The Balaban J connectivity index is 4.14. The second kappa shape index (κ2) is 6.87. The fraction of sp³-hybridized carbons (Fsp3) is 0.900. The summed E-state index contributed by atoms with van der Waals surface area (Å²) in [7, 11) is -1.94. The average molecular weight is 218 g/mol. The molecule has 3 nitrogen and oxygen atoms in total. The first-order chi connectivity index (χ1) is 6.60. The van der Waals surface area contributed by atoms with Crippen molar-refractivity contribution in [2.75, 3.05) is 0 Å². The van der Waals surface area contributed by atoms with Crippen LogP contribution in [0.1, 0.15) is 40.0 Å². The van der Waals surface area contributed by atoms with Crippen LogP contribution in [-0.2, 0) is 4.43 Å². The molecule has 0 aliphatic heterocycles. The highest BCUT2D eigenvalue weighted by molar-refractivity contribution is 6.74. The summed E-state index contributed by atoms with van der Waals surface area (Å²) >= 11 is 0. The predicted octanol–water partition coefficient (Wildman–Crippen LogP) is 3.86. The van der Waals surface area contributed by atoms with E-state index in [4.69, 9.17) is 9.53 Å². The number of carbonyl (C=O) groups is 1. The second-order valence-electron chi connectivity index (χ2n) is 3.72. The molecule has 0 saturated heterocycles. The van der Waals surface area contributed by atoms with E-state index >= 15 is 0 Å². The third-order valence-corrected chi connectivity index (χ3v) is 7.28. The Morgan fingerprint density at radius 1 is 1.21 bits per heavy atom. The molecule has 0 amide bonds. The molecule has 4 heteroatoms. The summed E-state index contributed by atoms with van der Waals surface area (Å²) in [5.41, 5.74) is 0. The van der Waals surface area contributed by atoms with Crippen molar-refractivity contribution in [3.05, 3.63) is 0 Å². The summed E-state index contributed by atoms with van der Waals surface area (Å²) in [6.07, 6.45) is 2.37. The highest BCUT2D eigenvalue weighted by atomic mass is 28.4. The van der Waals surface area contributed by atoms with Gasteiger partial charge < -0.3 is 9.53 Å². The van der Waals surface area contributed by atoms with Crippen molar-refractivity contribution in [1.82, 2.24) is 0 Å². The van der Waals surface area contributed by atoms with E-state index in [9.17, 15) is 4.79 Å². The van der Waals surface area contributed by atoms with E-state index in [-0.39, 0.29) is 0 Å². The molecule has 0 unspecified atom stereocenters. The number of unbranched alkanes of at least 4 members (excludes halogenated alkanes) is 2. The lowest BCUT2D eigenvalue weighted by Crippen LogP contribution is -2.38. The molecule has 0 bridgehead atoms. The predicted molar refractivity (Wildman–Crippen MR) is 60.2 cm³/mol. The van der Waals surface area contributed by atoms with Crippen LogP contribution in [-0.4, -0.2) is 19.6 Å². The SMILES string of the molecule is CCCCC[Si](CC)(CC)OC(=O)O. The van der Waals surface area contributed by atoms with E-state index in [2.05, 4.69) is 6.92 Å². The molecule has 0 fully saturated rings. The van der Waals surface area contributed by atoms with Gasteiger partial charge in [-0.25, -0.2) is 4.79 Å². The molecule has 0 aromatic rings. The van der Waals surface area contributed by atoms with Gasteiger partial charge in [0.05, 0.1) is 0 Å². The van der Waals surface area contributed by atoms with Crippen LogP contribution in [0.2, 0.25) is 18.1 Å². The van der Waals surface area contributed by atoms with Crippen molar-refractivity contribution < 1.29 is 14.3 Å². The largest absolute Gasteiger partial charge is 0.491 e. The minimum Gasteiger partial charge on any atom is -0.489 e. The molecule has 0 rings (SSSR count). The van der Waals surface area contributed by atoms with Crippen LogP contribution in [0.5, 0.6) is 0 Å². The van der Waals surface area contributed by atoms with E-state index in [1.54, 1.807) is 0 Å². The van der Waals surface area contributed by atoms with Crippen LogP contribution < -0.4 is 0 Å². The minimum atomic E-state index is -1.94. The first-order valence-corrected chi connectivity index (χ1v) is 8.05. The van der Waals surface area contributed by atoms with Gasteiger partial charge in [0.15, 0.2) is 0 Å². The summed E-state index contributed by atoms with van der Waals surface area (Å²) < 4.78 is 5.14. The lowest BCUT2D eigenvalue weighted by Gasteiger charge is -2.26. The van der Waals surface area contributed by atoms with E-state index in [0.717, 1.165) is 24.6 Å². The molecular formula is C10H22O3Si. The van der Waals surface area contributed by atoms with Crippen molar-refractivity contribution >= 4 is 14.5 Å². The van der Waals surface area contributed by atoms with Gasteiger partial charge in [0.1, 0.15) is 0 Å². The molecular weight excluding hydrogens is 196 g/mol. The van der Waals surface area contributed by atoms with Crippen molar-refractivity contribution in [1.29, 1.82) is 0 Å². The van der Waals surface area contributed by atoms with Crippen molar-refractivity contribution in [3.63, 3.8) is 0 Å².